The first kappa shape index (κ1) is 11.3. The number of hydrogen-bond acceptors (Lipinski definition) is 3. The molecular formula is C14H15NO3. The summed E-state index contributed by atoms with van der Waals surface area (Å²) in [6.07, 6.45) is 2.56. The number of anilines is 1. The molecule has 18 heavy (non-hydrogen) atoms. The lowest BCUT2D eigenvalue weighted by atomic mass is 9.95. The zero-order valence-corrected chi connectivity index (χ0v) is 10.4. The number of esters is 1. The summed E-state index contributed by atoms with van der Waals surface area (Å²) in [4.78, 5) is 25.0. The van der Waals surface area contributed by atoms with E-state index in [9.17, 15) is 9.59 Å². The van der Waals surface area contributed by atoms with Crippen LogP contribution < -0.4 is 4.90 Å². The fraction of sp³-hybridized carbons (Fsp3) is 0.429. The molecule has 2 aliphatic rings. The van der Waals surface area contributed by atoms with E-state index in [1.54, 1.807) is 0 Å². The second-order valence-electron chi connectivity index (χ2n) is 4.81. The molecule has 0 aromatic heterocycles. The highest BCUT2D eigenvalue weighted by Gasteiger charge is 2.31. The molecular weight excluding hydrogens is 230 g/mol. The lowest BCUT2D eigenvalue weighted by molar-refractivity contribution is -0.139. The summed E-state index contributed by atoms with van der Waals surface area (Å²) in [5, 5.41) is 0. The second-order valence-corrected chi connectivity index (χ2v) is 4.81. The van der Waals surface area contributed by atoms with Crippen LogP contribution in [0.25, 0.3) is 0 Å². The van der Waals surface area contributed by atoms with Crippen LogP contribution >= 0.6 is 0 Å². The Morgan fingerprint density at radius 3 is 2.72 bits per heavy atom. The van der Waals surface area contributed by atoms with Gasteiger partial charge in [-0.2, -0.15) is 0 Å². The number of nitrogens with zero attached hydrogens (tertiary/aromatic N) is 1. The Balaban J connectivity index is 1.99. The monoisotopic (exact) mass is 245 g/mol. The van der Waals surface area contributed by atoms with E-state index in [1.165, 1.54) is 18.2 Å². The third-order valence-electron chi connectivity index (χ3n) is 3.69. The summed E-state index contributed by atoms with van der Waals surface area (Å²) < 4.78 is 4.70. The highest BCUT2D eigenvalue weighted by molar-refractivity contribution is 5.98. The number of amides is 1. The zero-order chi connectivity index (χ0) is 12.7. The predicted octanol–water partition coefficient (Wildman–Crippen LogP) is 1.24. The molecule has 94 valence electrons. The van der Waals surface area contributed by atoms with Gasteiger partial charge >= 0.3 is 5.97 Å². The first-order valence-electron chi connectivity index (χ1n) is 6.21. The molecule has 2 aliphatic heterocycles. The predicted molar refractivity (Wildman–Crippen MR) is 66.5 cm³/mol. The van der Waals surface area contributed by atoms with Crippen LogP contribution in [0.4, 0.5) is 5.69 Å². The fourth-order valence-electron chi connectivity index (χ4n) is 2.87. The van der Waals surface area contributed by atoms with Gasteiger partial charge in [-0.05, 0) is 29.5 Å². The number of hydrogen-bond donors (Lipinski definition) is 0. The Labute approximate surface area is 106 Å². The van der Waals surface area contributed by atoms with E-state index in [0.717, 1.165) is 30.6 Å². The molecule has 0 N–H and O–H groups in total. The molecule has 3 rings (SSSR count). The normalized spacial score (nSPS) is 16.7. The number of carbonyl (C=O) groups is 2. The molecule has 4 nitrogen and oxygen atoms in total. The Morgan fingerprint density at radius 1 is 1.28 bits per heavy atom. The second kappa shape index (κ2) is 4.12. The van der Waals surface area contributed by atoms with E-state index in [4.69, 9.17) is 4.74 Å². The molecule has 4 heteroatoms. The molecule has 0 atom stereocenters. The van der Waals surface area contributed by atoms with Crippen LogP contribution in [0.5, 0.6) is 0 Å². The lowest BCUT2D eigenvalue weighted by Gasteiger charge is -2.25. The van der Waals surface area contributed by atoms with Crippen molar-refractivity contribution in [3.63, 3.8) is 0 Å². The minimum Gasteiger partial charge on any atom is -0.469 e. The van der Waals surface area contributed by atoms with Crippen LogP contribution in [-0.4, -0.2) is 25.5 Å². The maximum Gasteiger partial charge on any atom is 0.309 e. The lowest BCUT2D eigenvalue weighted by Crippen LogP contribution is -2.32. The number of methoxy groups -OCH3 is 1. The molecule has 0 bridgehead atoms. The van der Waals surface area contributed by atoms with Crippen LogP contribution in [-0.2, 0) is 33.6 Å². The van der Waals surface area contributed by atoms with E-state index in [0.29, 0.717) is 12.8 Å². The van der Waals surface area contributed by atoms with Crippen molar-refractivity contribution in [1.82, 2.24) is 0 Å². The number of carbonyl (C=O) groups excluding carboxylic acids is 2. The summed E-state index contributed by atoms with van der Waals surface area (Å²) in [5.74, 6) is 0.00542. The van der Waals surface area contributed by atoms with Gasteiger partial charge in [-0.25, -0.2) is 0 Å². The first-order valence-corrected chi connectivity index (χ1v) is 6.21. The Bertz CT molecular complexity index is 536. The third kappa shape index (κ3) is 1.68. The van der Waals surface area contributed by atoms with Crippen molar-refractivity contribution in [2.24, 2.45) is 0 Å². The molecule has 0 saturated heterocycles. The summed E-state index contributed by atoms with van der Waals surface area (Å²) in [5.41, 5.74) is 4.48. The highest BCUT2D eigenvalue weighted by Crippen LogP contribution is 2.37. The van der Waals surface area contributed by atoms with E-state index < -0.39 is 0 Å². The molecule has 0 spiro atoms. The molecule has 0 aliphatic carbocycles. The van der Waals surface area contributed by atoms with Gasteiger partial charge in [0, 0.05) is 13.0 Å². The van der Waals surface area contributed by atoms with Crippen molar-refractivity contribution in [3.8, 4) is 0 Å². The standard InChI is InChI=1S/C14H15NO3/c1-18-13(17)8-9-6-10-2-3-12(16)15-5-4-11(7-9)14(10)15/h6-7H,2-5,8H2,1H3. The first-order chi connectivity index (χ1) is 8.69. The molecule has 0 unspecified atom stereocenters. The zero-order valence-electron chi connectivity index (χ0n) is 10.4. The summed E-state index contributed by atoms with van der Waals surface area (Å²) in [6.45, 7) is 0.781. The minimum absolute atomic E-state index is 0.219. The average Bonchev–Trinajstić information content (AvgIpc) is 2.79. The van der Waals surface area contributed by atoms with Crippen molar-refractivity contribution in [2.75, 3.05) is 18.6 Å². The minimum atomic E-state index is -0.219. The molecule has 0 saturated carbocycles. The average molecular weight is 245 g/mol. The number of ether oxygens (including phenoxy) is 1. The molecule has 0 radical (unpaired) electrons. The molecule has 0 fully saturated rings. The number of rotatable bonds is 2. The molecule has 2 heterocycles. The van der Waals surface area contributed by atoms with Crippen LogP contribution in [0, 0.1) is 0 Å². The van der Waals surface area contributed by atoms with E-state index in [-0.39, 0.29) is 11.9 Å². The Hall–Kier alpha value is -1.84. The summed E-state index contributed by atoms with van der Waals surface area (Å²) in [6, 6.07) is 4.08. The van der Waals surface area contributed by atoms with Crippen molar-refractivity contribution < 1.29 is 14.3 Å². The van der Waals surface area contributed by atoms with Gasteiger partial charge in [0.1, 0.15) is 0 Å². The topological polar surface area (TPSA) is 46.6 Å². The summed E-state index contributed by atoms with van der Waals surface area (Å²) >= 11 is 0. The van der Waals surface area contributed by atoms with E-state index in [1.807, 2.05) is 17.0 Å². The van der Waals surface area contributed by atoms with Crippen molar-refractivity contribution in [3.05, 3.63) is 28.8 Å². The molecule has 1 amide bonds. The van der Waals surface area contributed by atoms with Gasteiger partial charge in [0.25, 0.3) is 0 Å². The van der Waals surface area contributed by atoms with Crippen LogP contribution in [0.15, 0.2) is 12.1 Å². The number of aryl methyl sites for hydroxylation is 1. The van der Waals surface area contributed by atoms with Gasteiger partial charge in [0.05, 0.1) is 19.2 Å². The van der Waals surface area contributed by atoms with Gasteiger partial charge in [0.2, 0.25) is 5.91 Å². The van der Waals surface area contributed by atoms with Crippen molar-refractivity contribution >= 4 is 17.6 Å². The van der Waals surface area contributed by atoms with Gasteiger partial charge in [-0.1, -0.05) is 12.1 Å². The maximum absolute atomic E-state index is 11.8. The third-order valence-corrected chi connectivity index (χ3v) is 3.69. The summed E-state index contributed by atoms with van der Waals surface area (Å²) in [7, 11) is 1.40. The van der Waals surface area contributed by atoms with Crippen molar-refractivity contribution in [2.45, 2.75) is 25.7 Å². The van der Waals surface area contributed by atoms with Gasteiger partial charge in [-0.15, -0.1) is 0 Å². The molecule has 1 aromatic carbocycles. The smallest absolute Gasteiger partial charge is 0.309 e. The van der Waals surface area contributed by atoms with E-state index in [2.05, 4.69) is 0 Å². The SMILES string of the molecule is COC(=O)Cc1cc2c3c(c1)CCN3C(=O)CC2. The van der Waals surface area contributed by atoms with Crippen LogP contribution in [0.1, 0.15) is 23.1 Å². The highest BCUT2D eigenvalue weighted by atomic mass is 16.5. The van der Waals surface area contributed by atoms with E-state index >= 15 is 0 Å². The fourth-order valence-corrected chi connectivity index (χ4v) is 2.87. The van der Waals surface area contributed by atoms with Crippen molar-refractivity contribution in [1.29, 1.82) is 0 Å². The largest absolute Gasteiger partial charge is 0.469 e. The van der Waals surface area contributed by atoms with Crippen LogP contribution in [0.3, 0.4) is 0 Å². The van der Waals surface area contributed by atoms with Gasteiger partial charge < -0.3 is 9.64 Å². The van der Waals surface area contributed by atoms with Gasteiger partial charge in [-0.3, -0.25) is 9.59 Å². The van der Waals surface area contributed by atoms with Gasteiger partial charge in [0.15, 0.2) is 0 Å². The van der Waals surface area contributed by atoms with Crippen LogP contribution in [0.2, 0.25) is 0 Å². The Kier molecular flexibility index (Phi) is 2.58. The quantitative estimate of drug-likeness (QED) is 0.736. The maximum atomic E-state index is 11.8. The number of benzene rings is 1. The Morgan fingerprint density at radius 2 is 2.00 bits per heavy atom. The molecule has 1 aromatic rings.